The number of nitrogens with two attached hydrogens (primary N) is 2. The van der Waals surface area contributed by atoms with Crippen molar-refractivity contribution in [2.24, 2.45) is 11.7 Å². The predicted octanol–water partition coefficient (Wildman–Crippen LogP) is 3.80. The summed E-state index contributed by atoms with van der Waals surface area (Å²) in [5.74, 6) is 11.7. The molecule has 3 aromatic carbocycles. The number of hydrogen-bond donors (Lipinski definition) is 3. The minimum Gasteiger partial charge on any atom is -0.457 e. The molecule has 1 aliphatic rings. The molecule has 1 unspecified atom stereocenters. The highest BCUT2D eigenvalue weighted by Crippen LogP contribution is 2.37. The van der Waals surface area contributed by atoms with Crippen molar-refractivity contribution < 1.29 is 9.53 Å². The second-order valence-electron chi connectivity index (χ2n) is 7.27. The quantitative estimate of drug-likeness (QED) is 0.271. The number of fused-ring (bicyclic) bond motifs is 1. The van der Waals surface area contributed by atoms with Crippen LogP contribution in [0, 0.1) is 8.98 Å². The van der Waals surface area contributed by atoms with Crippen molar-refractivity contribution in [1.29, 1.82) is 5.41 Å². The molecule has 1 heterocycles. The maximum absolute atomic E-state index is 13.2. The summed E-state index contributed by atoms with van der Waals surface area (Å²) in [7, 11) is 0. The van der Waals surface area contributed by atoms with Gasteiger partial charge in [-0.25, -0.2) is 16.5 Å². The molecule has 158 valence electrons. The molecule has 0 saturated carbocycles. The SMILES string of the molecule is CC1=C(C(=O)OCc2ccc(I)cc2)C(c2cccc3ccccc23)N(N)C(=N)N1N. The Hall–Kier alpha value is -2.95. The average molecular weight is 527 g/mol. The summed E-state index contributed by atoms with van der Waals surface area (Å²) in [4.78, 5) is 13.2. The first-order valence-electron chi connectivity index (χ1n) is 9.65. The number of nitrogens with one attached hydrogen (secondary N) is 1. The molecule has 0 spiro atoms. The van der Waals surface area contributed by atoms with Crippen molar-refractivity contribution in [1.82, 2.24) is 10.0 Å². The van der Waals surface area contributed by atoms with Crippen LogP contribution in [0.1, 0.15) is 24.1 Å². The van der Waals surface area contributed by atoms with Crippen molar-refractivity contribution >= 4 is 45.3 Å². The number of hydrogen-bond acceptors (Lipinski definition) is 5. The molecule has 1 aliphatic heterocycles. The number of esters is 1. The van der Waals surface area contributed by atoms with E-state index in [2.05, 4.69) is 22.6 Å². The highest BCUT2D eigenvalue weighted by Gasteiger charge is 2.39. The Bertz CT molecular complexity index is 1190. The lowest BCUT2D eigenvalue weighted by Crippen LogP contribution is -2.56. The summed E-state index contributed by atoms with van der Waals surface area (Å²) in [6.45, 7) is 1.82. The Morgan fingerprint density at radius 3 is 2.48 bits per heavy atom. The zero-order valence-corrected chi connectivity index (χ0v) is 19.0. The standard InChI is InChI=1S/C23H22IN5O2/c1-14-20(22(30)31-13-15-9-11-17(24)12-10-15)21(29(27)23(25)28(14)26)19-8-4-6-16-5-2-3-7-18(16)19/h2-12,21,25H,13,26-27H2,1H3. The van der Waals surface area contributed by atoms with Crippen LogP contribution in [0.2, 0.25) is 0 Å². The molecule has 0 aliphatic carbocycles. The number of rotatable bonds is 4. The van der Waals surface area contributed by atoms with Gasteiger partial charge in [0.2, 0.25) is 5.96 Å². The van der Waals surface area contributed by atoms with Gasteiger partial charge in [0.1, 0.15) is 12.6 Å². The van der Waals surface area contributed by atoms with Gasteiger partial charge >= 0.3 is 5.97 Å². The van der Waals surface area contributed by atoms with Gasteiger partial charge in [-0.15, -0.1) is 0 Å². The maximum Gasteiger partial charge on any atom is 0.338 e. The summed E-state index contributed by atoms with van der Waals surface area (Å²) in [5, 5.41) is 12.6. The van der Waals surface area contributed by atoms with Crippen molar-refractivity contribution in [3.05, 3.63) is 92.7 Å². The fraction of sp³-hybridized carbons (Fsp3) is 0.130. The van der Waals surface area contributed by atoms with Gasteiger partial charge in [-0.05, 0) is 63.5 Å². The molecule has 5 N–H and O–H groups in total. The van der Waals surface area contributed by atoms with E-state index in [1.807, 2.05) is 66.7 Å². The first kappa shape index (κ1) is 21.3. The first-order chi connectivity index (χ1) is 14.9. The summed E-state index contributed by atoms with van der Waals surface area (Å²) in [6, 6.07) is 20.7. The van der Waals surface area contributed by atoms with E-state index in [-0.39, 0.29) is 12.6 Å². The van der Waals surface area contributed by atoms with Crippen LogP contribution in [-0.4, -0.2) is 21.9 Å². The van der Waals surface area contributed by atoms with Crippen molar-refractivity contribution in [2.45, 2.75) is 19.6 Å². The molecule has 31 heavy (non-hydrogen) atoms. The van der Waals surface area contributed by atoms with Gasteiger partial charge < -0.3 is 4.74 Å². The molecule has 0 fully saturated rings. The number of guanidine groups is 1. The normalized spacial score (nSPS) is 16.8. The van der Waals surface area contributed by atoms with E-state index in [0.29, 0.717) is 11.3 Å². The molecule has 0 radical (unpaired) electrons. The third kappa shape index (κ3) is 4.01. The minimum absolute atomic E-state index is 0.107. The second-order valence-corrected chi connectivity index (χ2v) is 8.52. The van der Waals surface area contributed by atoms with E-state index in [0.717, 1.165) is 30.5 Å². The largest absolute Gasteiger partial charge is 0.457 e. The number of nitrogens with zero attached hydrogens (tertiary/aromatic N) is 2. The van der Waals surface area contributed by atoms with Crippen LogP contribution in [0.25, 0.3) is 10.8 Å². The van der Waals surface area contributed by atoms with E-state index < -0.39 is 12.0 Å². The van der Waals surface area contributed by atoms with Gasteiger partial charge in [-0.2, -0.15) is 0 Å². The fourth-order valence-corrected chi connectivity index (χ4v) is 4.09. The van der Waals surface area contributed by atoms with Gasteiger partial charge in [0, 0.05) is 9.27 Å². The maximum atomic E-state index is 13.2. The van der Waals surface area contributed by atoms with Gasteiger partial charge in [0.25, 0.3) is 0 Å². The lowest BCUT2D eigenvalue weighted by Gasteiger charge is -2.40. The Morgan fingerprint density at radius 2 is 1.74 bits per heavy atom. The third-order valence-electron chi connectivity index (χ3n) is 5.40. The van der Waals surface area contributed by atoms with E-state index in [1.165, 1.54) is 5.01 Å². The molecule has 8 heteroatoms. The number of benzene rings is 3. The monoisotopic (exact) mass is 527 g/mol. The molecular formula is C23H22IN5O2. The summed E-state index contributed by atoms with van der Waals surface area (Å²) >= 11 is 2.22. The molecular weight excluding hydrogens is 505 g/mol. The van der Waals surface area contributed by atoms with E-state index >= 15 is 0 Å². The smallest absolute Gasteiger partial charge is 0.338 e. The number of ether oxygens (including phenoxy) is 1. The Morgan fingerprint density at radius 1 is 1.06 bits per heavy atom. The summed E-state index contributed by atoms with van der Waals surface area (Å²) < 4.78 is 6.74. The van der Waals surface area contributed by atoms with Crippen molar-refractivity contribution in [3.8, 4) is 0 Å². The number of allylic oxidation sites excluding steroid dienone is 1. The minimum atomic E-state index is -0.706. The third-order valence-corrected chi connectivity index (χ3v) is 6.12. The Balaban J connectivity index is 1.75. The molecule has 3 aromatic rings. The number of hydrazine groups is 2. The number of halogens is 1. The number of carbonyl (C=O) groups is 1. The first-order valence-corrected chi connectivity index (χ1v) is 10.7. The highest BCUT2D eigenvalue weighted by molar-refractivity contribution is 14.1. The predicted molar refractivity (Wildman–Crippen MR) is 128 cm³/mol. The van der Waals surface area contributed by atoms with Crippen LogP contribution in [0.15, 0.2) is 78.0 Å². The Kier molecular flexibility index (Phi) is 5.94. The Labute approximate surface area is 193 Å². The van der Waals surface area contributed by atoms with Crippen molar-refractivity contribution in [3.63, 3.8) is 0 Å². The van der Waals surface area contributed by atoms with E-state index in [1.54, 1.807) is 6.92 Å². The highest BCUT2D eigenvalue weighted by atomic mass is 127. The van der Waals surface area contributed by atoms with Gasteiger partial charge in [-0.3, -0.25) is 15.4 Å². The fourth-order valence-electron chi connectivity index (χ4n) is 3.73. The molecule has 4 rings (SSSR count). The van der Waals surface area contributed by atoms with Crippen LogP contribution in [-0.2, 0) is 16.1 Å². The average Bonchev–Trinajstić information content (AvgIpc) is 2.79. The lowest BCUT2D eigenvalue weighted by molar-refractivity contribution is -0.141. The lowest BCUT2D eigenvalue weighted by atomic mass is 9.91. The zero-order valence-electron chi connectivity index (χ0n) is 16.9. The van der Waals surface area contributed by atoms with Crippen LogP contribution in [0.4, 0.5) is 0 Å². The molecule has 0 aromatic heterocycles. The molecule has 0 amide bonds. The summed E-state index contributed by atoms with van der Waals surface area (Å²) in [6.07, 6.45) is 0. The van der Waals surface area contributed by atoms with Crippen molar-refractivity contribution in [2.75, 3.05) is 0 Å². The van der Waals surface area contributed by atoms with E-state index in [4.69, 9.17) is 21.8 Å². The van der Waals surface area contributed by atoms with Crippen LogP contribution in [0.5, 0.6) is 0 Å². The van der Waals surface area contributed by atoms with E-state index in [9.17, 15) is 4.79 Å². The second kappa shape index (κ2) is 8.66. The molecule has 1 atom stereocenters. The molecule has 7 nitrogen and oxygen atoms in total. The zero-order chi connectivity index (χ0) is 22.1. The van der Waals surface area contributed by atoms with Crippen LogP contribution in [0.3, 0.4) is 0 Å². The summed E-state index contributed by atoms with van der Waals surface area (Å²) in [5.41, 5.74) is 2.42. The van der Waals surface area contributed by atoms with Gasteiger partial charge in [0.05, 0.1) is 5.57 Å². The van der Waals surface area contributed by atoms with Gasteiger partial charge in [0.15, 0.2) is 0 Å². The topological polar surface area (TPSA) is 109 Å². The van der Waals surface area contributed by atoms with Crippen LogP contribution < -0.4 is 11.7 Å². The molecule has 0 bridgehead atoms. The van der Waals surface area contributed by atoms with Gasteiger partial charge in [-0.1, -0.05) is 54.6 Å². The number of carbonyl (C=O) groups excluding carboxylic acids is 1. The molecule has 0 saturated heterocycles. The van der Waals surface area contributed by atoms with Crippen LogP contribution >= 0.6 is 22.6 Å².